The Kier molecular flexibility index (Phi) is 3.89. The Labute approximate surface area is 126 Å². The molecule has 0 aliphatic carbocycles. The van der Waals surface area contributed by atoms with Crippen LogP contribution in [0.25, 0.3) is 0 Å². The minimum atomic E-state index is -0.641. The third-order valence-electron chi connectivity index (χ3n) is 4.35. The highest BCUT2D eigenvalue weighted by Gasteiger charge is 2.41. The lowest BCUT2D eigenvalue weighted by Gasteiger charge is -2.39. The summed E-state index contributed by atoms with van der Waals surface area (Å²) in [7, 11) is 1.79. The summed E-state index contributed by atoms with van der Waals surface area (Å²) in [4.78, 5) is 14.3. The molecule has 1 amide bonds. The topological polar surface area (TPSA) is 64.8 Å². The number of carbonyl (C=O) groups excluding carboxylic acids is 1. The van der Waals surface area contributed by atoms with E-state index < -0.39 is 11.0 Å². The van der Waals surface area contributed by atoms with Gasteiger partial charge in [0.2, 0.25) is 12.7 Å². The van der Waals surface area contributed by atoms with E-state index in [-0.39, 0.29) is 12.7 Å². The van der Waals surface area contributed by atoms with E-state index in [4.69, 9.17) is 15.2 Å². The van der Waals surface area contributed by atoms with E-state index in [1.807, 2.05) is 45.9 Å². The molecule has 116 valence electrons. The van der Waals surface area contributed by atoms with Gasteiger partial charge < -0.3 is 20.1 Å². The van der Waals surface area contributed by atoms with Crippen LogP contribution in [0.3, 0.4) is 0 Å². The van der Waals surface area contributed by atoms with Gasteiger partial charge in [-0.25, -0.2) is 0 Å². The van der Waals surface area contributed by atoms with Crippen LogP contribution in [0.5, 0.6) is 11.5 Å². The SMILES string of the molecule is CN(Cc1ccc2c(c1)OCO2)C(=O)C(C)(C)C(C)(C)N. The van der Waals surface area contributed by atoms with Crippen molar-refractivity contribution in [3.05, 3.63) is 23.8 Å². The van der Waals surface area contributed by atoms with Crippen molar-refractivity contribution in [2.45, 2.75) is 39.8 Å². The Hall–Kier alpha value is -1.75. The van der Waals surface area contributed by atoms with Crippen LogP contribution in [0.4, 0.5) is 0 Å². The molecule has 2 rings (SSSR count). The zero-order chi connectivity index (χ0) is 15.8. The van der Waals surface area contributed by atoms with Crippen molar-refractivity contribution in [2.24, 2.45) is 11.1 Å². The number of nitrogens with zero attached hydrogens (tertiary/aromatic N) is 1. The first kappa shape index (κ1) is 15.6. The third-order valence-corrected chi connectivity index (χ3v) is 4.35. The average Bonchev–Trinajstić information content (AvgIpc) is 2.83. The quantitative estimate of drug-likeness (QED) is 0.923. The summed E-state index contributed by atoms with van der Waals surface area (Å²) in [5.41, 5.74) is 5.90. The molecule has 1 aliphatic rings. The van der Waals surface area contributed by atoms with Gasteiger partial charge in [0.15, 0.2) is 11.5 Å². The second kappa shape index (κ2) is 5.22. The molecule has 1 heterocycles. The molecule has 0 fully saturated rings. The van der Waals surface area contributed by atoms with Crippen LogP contribution >= 0.6 is 0 Å². The number of benzene rings is 1. The van der Waals surface area contributed by atoms with E-state index in [0.29, 0.717) is 6.54 Å². The molecule has 1 aromatic rings. The van der Waals surface area contributed by atoms with Crippen LogP contribution in [0.2, 0.25) is 0 Å². The van der Waals surface area contributed by atoms with Crippen molar-refractivity contribution in [3.63, 3.8) is 0 Å². The van der Waals surface area contributed by atoms with Crippen LogP contribution < -0.4 is 15.2 Å². The molecule has 0 atom stereocenters. The van der Waals surface area contributed by atoms with Crippen LogP contribution in [0, 0.1) is 5.41 Å². The maximum absolute atomic E-state index is 12.6. The second-order valence-electron chi connectivity index (χ2n) is 6.70. The molecule has 0 radical (unpaired) electrons. The van der Waals surface area contributed by atoms with Gasteiger partial charge >= 0.3 is 0 Å². The minimum Gasteiger partial charge on any atom is -0.454 e. The minimum absolute atomic E-state index is 0.0210. The Balaban J connectivity index is 2.11. The number of rotatable bonds is 4. The predicted molar refractivity (Wildman–Crippen MR) is 81.1 cm³/mol. The molecular weight excluding hydrogens is 268 g/mol. The largest absolute Gasteiger partial charge is 0.454 e. The Morgan fingerprint density at radius 1 is 1.24 bits per heavy atom. The maximum atomic E-state index is 12.6. The van der Waals surface area contributed by atoms with Crippen molar-refractivity contribution >= 4 is 5.91 Å². The summed E-state index contributed by atoms with van der Waals surface area (Å²) in [6.07, 6.45) is 0. The number of hydrogen-bond donors (Lipinski definition) is 1. The second-order valence-corrected chi connectivity index (χ2v) is 6.70. The third kappa shape index (κ3) is 2.97. The first-order valence-electron chi connectivity index (χ1n) is 7.06. The fourth-order valence-electron chi connectivity index (χ4n) is 2.14. The van der Waals surface area contributed by atoms with E-state index in [1.54, 1.807) is 11.9 Å². The zero-order valence-corrected chi connectivity index (χ0v) is 13.4. The summed E-state index contributed by atoms with van der Waals surface area (Å²) in [5.74, 6) is 1.50. The molecule has 0 saturated heterocycles. The molecular formula is C16H24N2O3. The van der Waals surface area contributed by atoms with Crippen molar-refractivity contribution in [1.82, 2.24) is 4.90 Å². The molecule has 2 N–H and O–H groups in total. The summed E-state index contributed by atoms with van der Waals surface area (Å²) in [6, 6.07) is 5.72. The molecule has 1 aromatic carbocycles. The normalized spacial score (nSPS) is 14.2. The van der Waals surface area contributed by atoms with Crippen molar-refractivity contribution in [1.29, 1.82) is 0 Å². The van der Waals surface area contributed by atoms with Gasteiger partial charge in [-0.15, -0.1) is 0 Å². The summed E-state index contributed by atoms with van der Waals surface area (Å²) < 4.78 is 10.6. The van der Waals surface area contributed by atoms with E-state index in [0.717, 1.165) is 17.1 Å². The van der Waals surface area contributed by atoms with Crippen LogP contribution in [-0.4, -0.2) is 30.2 Å². The molecule has 5 heteroatoms. The fraction of sp³-hybridized carbons (Fsp3) is 0.562. The maximum Gasteiger partial charge on any atom is 0.231 e. The Morgan fingerprint density at radius 2 is 1.86 bits per heavy atom. The molecule has 5 nitrogen and oxygen atoms in total. The van der Waals surface area contributed by atoms with Gasteiger partial charge in [-0.05, 0) is 45.4 Å². The van der Waals surface area contributed by atoms with Crippen molar-refractivity contribution in [2.75, 3.05) is 13.8 Å². The van der Waals surface area contributed by atoms with Crippen LogP contribution in [0.1, 0.15) is 33.3 Å². The molecule has 0 unspecified atom stereocenters. The van der Waals surface area contributed by atoms with Gasteiger partial charge in [-0.3, -0.25) is 4.79 Å². The van der Waals surface area contributed by atoms with Gasteiger partial charge in [0.25, 0.3) is 0 Å². The number of nitrogens with two attached hydrogens (primary N) is 1. The highest BCUT2D eigenvalue weighted by atomic mass is 16.7. The lowest BCUT2D eigenvalue weighted by atomic mass is 9.74. The first-order chi connectivity index (χ1) is 9.63. The molecule has 21 heavy (non-hydrogen) atoms. The number of amides is 1. The van der Waals surface area contributed by atoms with Gasteiger partial charge in [0.1, 0.15) is 0 Å². The van der Waals surface area contributed by atoms with E-state index >= 15 is 0 Å². The van der Waals surface area contributed by atoms with Gasteiger partial charge in [0, 0.05) is 19.1 Å². The van der Waals surface area contributed by atoms with Gasteiger partial charge in [-0.1, -0.05) is 6.07 Å². The lowest BCUT2D eigenvalue weighted by molar-refractivity contribution is -0.142. The standard InChI is InChI=1S/C16H24N2O3/c1-15(2,16(3,4)17)14(19)18(5)9-11-6-7-12-13(8-11)21-10-20-12/h6-8H,9-10,17H2,1-5H3. The predicted octanol–water partition coefficient (Wildman–Crippen LogP) is 2.14. The van der Waals surface area contributed by atoms with E-state index in [1.165, 1.54) is 0 Å². The number of hydrogen-bond acceptors (Lipinski definition) is 4. The fourth-order valence-corrected chi connectivity index (χ4v) is 2.14. The van der Waals surface area contributed by atoms with Crippen molar-refractivity contribution in [3.8, 4) is 11.5 Å². The number of carbonyl (C=O) groups is 1. The molecule has 0 saturated carbocycles. The smallest absolute Gasteiger partial charge is 0.231 e. The monoisotopic (exact) mass is 292 g/mol. The van der Waals surface area contributed by atoms with E-state index in [2.05, 4.69) is 0 Å². The number of ether oxygens (including phenoxy) is 2. The first-order valence-corrected chi connectivity index (χ1v) is 7.06. The van der Waals surface area contributed by atoms with Crippen LogP contribution in [0.15, 0.2) is 18.2 Å². The molecule has 1 aliphatic heterocycles. The zero-order valence-electron chi connectivity index (χ0n) is 13.4. The van der Waals surface area contributed by atoms with Gasteiger partial charge in [-0.2, -0.15) is 0 Å². The summed E-state index contributed by atoms with van der Waals surface area (Å²) in [6.45, 7) is 8.27. The highest BCUT2D eigenvalue weighted by Crippen LogP contribution is 2.34. The lowest BCUT2D eigenvalue weighted by Crippen LogP contribution is -2.55. The summed E-state index contributed by atoms with van der Waals surface area (Å²) in [5, 5.41) is 0. The van der Waals surface area contributed by atoms with Gasteiger partial charge in [0.05, 0.1) is 5.41 Å². The van der Waals surface area contributed by atoms with E-state index in [9.17, 15) is 4.79 Å². The highest BCUT2D eigenvalue weighted by molar-refractivity contribution is 5.83. The molecule has 0 aromatic heterocycles. The average molecular weight is 292 g/mol. The summed E-state index contributed by atoms with van der Waals surface area (Å²) >= 11 is 0. The van der Waals surface area contributed by atoms with Crippen molar-refractivity contribution < 1.29 is 14.3 Å². The Morgan fingerprint density at radius 3 is 2.48 bits per heavy atom. The molecule has 0 bridgehead atoms. The molecule has 0 spiro atoms. The number of fused-ring (bicyclic) bond motifs is 1. The Bertz CT molecular complexity index is 547. The van der Waals surface area contributed by atoms with Crippen LogP contribution in [-0.2, 0) is 11.3 Å².